The molecule has 1 saturated heterocycles. The molecule has 0 bridgehead atoms. The van der Waals surface area contributed by atoms with Crippen LogP contribution < -0.4 is 5.73 Å². The fourth-order valence-electron chi connectivity index (χ4n) is 3.96. The van der Waals surface area contributed by atoms with Gasteiger partial charge in [-0.05, 0) is 75.2 Å². The van der Waals surface area contributed by atoms with Gasteiger partial charge in [0.2, 0.25) is 0 Å². The van der Waals surface area contributed by atoms with E-state index >= 15 is 0 Å². The van der Waals surface area contributed by atoms with Gasteiger partial charge in [0, 0.05) is 6.04 Å². The van der Waals surface area contributed by atoms with E-state index in [4.69, 9.17) is 5.73 Å². The maximum absolute atomic E-state index is 6.31. The quantitative estimate of drug-likeness (QED) is 0.779. The van der Waals surface area contributed by atoms with Gasteiger partial charge < -0.3 is 10.6 Å². The van der Waals surface area contributed by atoms with E-state index in [9.17, 15) is 0 Å². The zero-order chi connectivity index (χ0) is 17.3. The van der Waals surface area contributed by atoms with Crippen LogP contribution in [0.2, 0.25) is 0 Å². The van der Waals surface area contributed by atoms with Crippen molar-refractivity contribution in [1.29, 1.82) is 0 Å². The second kappa shape index (κ2) is 9.74. The first-order valence-corrected chi connectivity index (χ1v) is 9.85. The van der Waals surface area contributed by atoms with Crippen molar-refractivity contribution < 1.29 is 0 Å². The lowest BCUT2D eigenvalue weighted by Crippen LogP contribution is -2.35. The number of benzene rings is 2. The van der Waals surface area contributed by atoms with Gasteiger partial charge in [-0.3, -0.25) is 0 Å². The van der Waals surface area contributed by atoms with Crippen LogP contribution in [0.3, 0.4) is 0 Å². The van der Waals surface area contributed by atoms with Gasteiger partial charge in [-0.1, -0.05) is 60.7 Å². The van der Waals surface area contributed by atoms with Crippen molar-refractivity contribution in [1.82, 2.24) is 4.90 Å². The van der Waals surface area contributed by atoms with Crippen LogP contribution in [0.25, 0.3) is 0 Å². The molecule has 1 heterocycles. The van der Waals surface area contributed by atoms with E-state index in [0.717, 1.165) is 18.8 Å². The molecule has 2 heteroatoms. The summed E-state index contributed by atoms with van der Waals surface area (Å²) in [5.41, 5.74) is 9.16. The third-order valence-corrected chi connectivity index (χ3v) is 5.46. The first-order valence-electron chi connectivity index (χ1n) is 9.85. The zero-order valence-corrected chi connectivity index (χ0v) is 15.3. The van der Waals surface area contributed by atoms with Crippen molar-refractivity contribution in [3.05, 3.63) is 71.8 Å². The number of rotatable bonds is 8. The molecule has 2 aromatic rings. The minimum Gasteiger partial charge on any atom is -0.327 e. The van der Waals surface area contributed by atoms with E-state index in [1.54, 1.807) is 0 Å². The molecule has 1 atom stereocenters. The maximum atomic E-state index is 6.31. The Kier molecular flexibility index (Phi) is 7.08. The highest BCUT2D eigenvalue weighted by Crippen LogP contribution is 2.22. The predicted octanol–water partition coefficient (Wildman–Crippen LogP) is 4.29. The van der Waals surface area contributed by atoms with Crippen molar-refractivity contribution in [3.63, 3.8) is 0 Å². The summed E-state index contributed by atoms with van der Waals surface area (Å²) in [7, 11) is 0. The van der Waals surface area contributed by atoms with Gasteiger partial charge in [-0.15, -0.1) is 0 Å². The molecule has 25 heavy (non-hydrogen) atoms. The monoisotopic (exact) mass is 336 g/mol. The molecule has 1 aliphatic rings. The summed E-state index contributed by atoms with van der Waals surface area (Å²) in [6.45, 7) is 3.72. The van der Waals surface area contributed by atoms with E-state index in [1.165, 1.54) is 56.4 Å². The van der Waals surface area contributed by atoms with Gasteiger partial charge in [0.25, 0.3) is 0 Å². The highest BCUT2D eigenvalue weighted by atomic mass is 15.1. The minimum atomic E-state index is 0.290. The van der Waals surface area contributed by atoms with Crippen LogP contribution in [0.5, 0.6) is 0 Å². The fourth-order valence-corrected chi connectivity index (χ4v) is 3.96. The average Bonchev–Trinajstić information content (AvgIpc) is 2.65. The van der Waals surface area contributed by atoms with Crippen LogP contribution in [-0.2, 0) is 12.8 Å². The Bertz CT molecular complexity index is 588. The number of nitrogens with zero attached hydrogens (tertiary/aromatic N) is 1. The van der Waals surface area contributed by atoms with Gasteiger partial charge in [-0.2, -0.15) is 0 Å². The highest BCUT2D eigenvalue weighted by Gasteiger charge is 2.19. The van der Waals surface area contributed by atoms with Gasteiger partial charge >= 0.3 is 0 Å². The van der Waals surface area contributed by atoms with E-state index in [2.05, 4.69) is 65.6 Å². The lowest BCUT2D eigenvalue weighted by atomic mass is 9.90. The summed E-state index contributed by atoms with van der Waals surface area (Å²) in [6, 6.07) is 21.9. The molecule has 0 amide bonds. The van der Waals surface area contributed by atoms with Gasteiger partial charge in [0.15, 0.2) is 0 Å². The molecule has 0 saturated carbocycles. The lowest BCUT2D eigenvalue weighted by Gasteiger charge is -2.32. The third-order valence-electron chi connectivity index (χ3n) is 5.46. The molecule has 0 spiro atoms. The number of nitrogens with two attached hydrogens (primary N) is 1. The smallest absolute Gasteiger partial charge is 0.00797 e. The maximum Gasteiger partial charge on any atom is 0.00797 e. The van der Waals surface area contributed by atoms with Crippen LogP contribution in [0.4, 0.5) is 0 Å². The Hall–Kier alpha value is -1.64. The minimum absolute atomic E-state index is 0.290. The molecule has 2 aromatic carbocycles. The number of piperidine rings is 1. The summed E-state index contributed by atoms with van der Waals surface area (Å²) in [6.07, 6.45) is 7.27. The van der Waals surface area contributed by atoms with Crippen molar-refractivity contribution in [2.75, 3.05) is 19.6 Å². The first kappa shape index (κ1) is 18.2. The Morgan fingerprint density at radius 2 is 1.48 bits per heavy atom. The molecule has 2 nitrogen and oxygen atoms in total. The van der Waals surface area contributed by atoms with Crippen LogP contribution in [0.15, 0.2) is 60.7 Å². The fraction of sp³-hybridized carbons (Fsp3) is 0.478. The molecular formula is C23H32N2. The van der Waals surface area contributed by atoms with Crippen LogP contribution in [-0.4, -0.2) is 30.6 Å². The molecule has 0 aliphatic carbocycles. The molecule has 0 unspecified atom stereocenters. The normalized spacial score (nSPS) is 17.5. The Balaban J connectivity index is 1.30. The van der Waals surface area contributed by atoms with Crippen molar-refractivity contribution in [3.8, 4) is 0 Å². The topological polar surface area (TPSA) is 29.3 Å². The average molecular weight is 337 g/mol. The van der Waals surface area contributed by atoms with Gasteiger partial charge in [0.1, 0.15) is 0 Å². The summed E-state index contributed by atoms with van der Waals surface area (Å²) in [4.78, 5) is 2.64. The summed E-state index contributed by atoms with van der Waals surface area (Å²) >= 11 is 0. The summed E-state index contributed by atoms with van der Waals surface area (Å²) < 4.78 is 0. The zero-order valence-electron chi connectivity index (χ0n) is 15.3. The van der Waals surface area contributed by atoms with E-state index in [0.29, 0.717) is 0 Å². The first-order chi connectivity index (χ1) is 12.3. The molecule has 134 valence electrons. The van der Waals surface area contributed by atoms with Crippen molar-refractivity contribution in [2.24, 2.45) is 11.7 Å². The lowest BCUT2D eigenvalue weighted by molar-refractivity contribution is 0.180. The summed E-state index contributed by atoms with van der Waals surface area (Å²) in [5, 5.41) is 0. The number of likely N-dealkylation sites (tertiary alicyclic amines) is 1. The van der Waals surface area contributed by atoms with Gasteiger partial charge in [0.05, 0.1) is 0 Å². The molecule has 1 fully saturated rings. The predicted molar refractivity (Wildman–Crippen MR) is 107 cm³/mol. The van der Waals surface area contributed by atoms with Crippen LogP contribution >= 0.6 is 0 Å². The van der Waals surface area contributed by atoms with Crippen LogP contribution in [0, 0.1) is 5.92 Å². The number of hydrogen-bond donors (Lipinski definition) is 1. The molecule has 1 aliphatic heterocycles. The van der Waals surface area contributed by atoms with Crippen molar-refractivity contribution >= 4 is 0 Å². The second-order valence-electron chi connectivity index (χ2n) is 7.57. The van der Waals surface area contributed by atoms with E-state index < -0.39 is 0 Å². The SMILES string of the molecule is N[C@@H](CCCN1CCC(Cc2ccccc2)CC1)Cc1ccccc1. The van der Waals surface area contributed by atoms with E-state index in [-0.39, 0.29) is 6.04 Å². The molecular weight excluding hydrogens is 304 g/mol. The molecule has 0 radical (unpaired) electrons. The standard InChI is InChI=1S/C23H32N2/c24-23(19-21-10-5-2-6-11-21)12-7-15-25-16-13-22(14-17-25)18-20-8-3-1-4-9-20/h1-6,8-11,22-23H,7,12-19,24H2/t23-/m0/s1. The molecule has 0 aromatic heterocycles. The number of hydrogen-bond acceptors (Lipinski definition) is 2. The Morgan fingerprint density at radius 1 is 0.880 bits per heavy atom. The Morgan fingerprint density at radius 3 is 2.12 bits per heavy atom. The molecule has 2 N–H and O–H groups in total. The van der Waals surface area contributed by atoms with Gasteiger partial charge in [-0.25, -0.2) is 0 Å². The third kappa shape index (κ3) is 6.30. The van der Waals surface area contributed by atoms with E-state index in [1.807, 2.05) is 0 Å². The molecule has 3 rings (SSSR count). The Labute approximate surface area is 153 Å². The highest BCUT2D eigenvalue weighted by molar-refractivity contribution is 5.16. The largest absolute Gasteiger partial charge is 0.327 e. The second-order valence-corrected chi connectivity index (χ2v) is 7.57. The van der Waals surface area contributed by atoms with Crippen LogP contribution in [0.1, 0.15) is 36.8 Å². The van der Waals surface area contributed by atoms with Crippen molar-refractivity contribution in [2.45, 2.75) is 44.6 Å². The summed E-state index contributed by atoms with van der Waals surface area (Å²) in [5.74, 6) is 0.860.